The van der Waals surface area contributed by atoms with Gasteiger partial charge in [0.15, 0.2) is 0 Å². The summed E-state index contributed by atoms with van der Waals surface area (Å²) in [5.41, 5.74) is 2.92. The van der Waals surface area contributed by atoms with Crippen LogP contribution in [-0.4, -0.2) is 18.0 Å². The largest absolute Gasteiger partial charge is 0.376 e. The number of benzene rings is 1. The average molecular weight is 321 g/mol. The van der Waals surface area contributed by atoms with E-state index in [1.807, 2.05) is 11.8 Å². The Balaban J connectivity index is 2.27. The first-order valence-electron chi connectivity index (χ1n) is 8.48. The second kappa shape index (κ2) is 10.1. The van der Waals surface area contributed by atoms with Crippen LogP contribution in [0.3, 0.4) is 0 Å². The van der Waals surface area contributed by atoms with Crippen LogP contribution in [-0.2, 0) is 11.2 Å². The van der Waals surface area contributed by atoms with Crippen molar-refractivity contribution in [3.8, 4) is 0 Å². The summed E-state index contributed by atoms with van der Waals surface area (Å²) in [6, 6.07) is 8.93. The first-order chi connectivity index (χ1) is 10.5. The van der Waals surface area contributed by atoms with Crippen molar-refractivity contribution in [2.75, 3.05) is 12.4 Å². The topological polar surface area (TPSA) is 9.23 Å². The normalized spacial score (nSPS) is 12.7. The van der Waals surface area contributed by atoms with Crippen LogP contribution in [0.2, 0.25) is 0 Å². The van der Waals surface area contributed by atoms with Gasteiger partial charge in [0.2, 0.25) is 0 Å². The highest BCUT2D eigenvalue weighted by Crippen LogP contribution is 2.22. The number of hydrogen-bond acceptors (Lipinski definition) is 2. The molecule has 1 nitrogen and oxygen atoms in total. The lowest BCUT2D eigenvalue weighted by Gasteiger charge is -2.24. The van der Waals surface area contributed by atoms with Crippen molar-refractivity contribution in [2.24, 2.45) is 0 Å². The first kappa shape index (κ1) is 19.3. The Morgan fingerprint density at radius 1 is 1.18 bits per heavy atom. The lowest BCUT2D eigenvalue weighted by molar-refractivity contribution is -0.0173. The van der Waals surface area contributed by atoms with Gasteiger partial charge in [-0.3, -0.25) is 0 Å². The predicted molar refractivity (Wildman–Crippen MR) is 99.9 cm³/mol. The van der Waals surface area contributed by atoms with Gasteiger partial charge in [-0.05, 0) is 71.1 Å². The van der Waals surface area contributed by atoms with Gasteiger partial charge < -0.3 is 4.74 Å². The summed E-state index contributed by atoms with van der Waals surface area (Å²) in [5.74, 6) is 1.06. The summed E-state index contributed by atoms with van der Waals surface area (Å²) in [6.45, 7) is 11.7. The molecule has 0 bridgehead atoms. The van der Waals surface area contributed by atoms with E-state index in [2.05, 4.69) is 65.0 Å². The predicted octanol–water partition coefficient (Wildman–Crippen LogP) is 6.27. The van der Waals surface area contributed by atoms with Gasteiger partial charge in [0.05, 0.1) is 5.60 Å². The van der Waals surface area contributed by atoms with Crippen LogP contribution in [0.15, 0.2) is 40.8 Å². The number of ether oxygens (including phenoxy) is 1. The molecule has 0 saturated heterocycles. The Labute approximate surface area is 141 Å². The van der Waals surface area contributed by atoms with E-state index in [-0.39, 0.29) is 5.60 Å². The van der Waals surface area contributed by atoms with Crippen molar-refractivity contribution in [1.82, 2.24) is 0 Å². The molecular weight excluding hydrogens is 288 g/mol. The van der Waals surface area contributed by atoms with Crippen LogP contribution in [0, 0.1) is 0 Å². The Hall–Kier alpha value is -0.730. The number of allylic oxidation sites excluding steroid dienone is 1. The maximum atomic E-state index is 5.75. The third-order valence-corrected chi connectivity index (χ3v) is 4.84. The molecule has 0 aromatic heterocycles. The molecule has 1 aromatic rings. The zero-order valence-corrected chi connectivity index (χ0v) is 15.8. The van der Waals surface area contributed by atoms with Gasteiger partial charge in [0.1, 0.15) is 0 Å². The molecule has 0 fully saturated rings. The minimum absolute atomic E-state index is 0.0187. The zero-order chi connectivity index (χ0) is 16.4. The monoisotopic (exact) mass is 320 g/mol. The van der Waals surface area contributed by atoms with Crippen LogP contribution >= 0.6 is 11.8 Å². The van der Waals surface area contributed by atoms with Gasteiger partial charge in [-0.2, -0.15) is 0 Å². The standard InChI is InChI=1S/C20H32OS/c1-6-18-10-12-19(13-11-18)22-16-14-17(3)9-8-15-20(4,5)21-7-2/h10-14H,6-9,15-16H2,1-5H3. The van der Waals surface area contributed by atoms with Gasteiger partial charge in [-0.1, -0.05) is 30.7 Å². The fourth-order valence-electron chi connectivity index (χ4n) is 2.46. The molecule has 0 atom stereocenters. The van der Waals surface area contributed by atoms with E-state index in [0.29, 0.717) is 0 Å². The molecule has 1 rings (SSSR count). The molecule has 0 heterocycles. The van der Waals surface area contributed by atoms with Gasteiger partial charge in [0, 0.05) is 17.3 Å². The maximum Gasteiger partial charge on any atom is 0.0626 e. The highest BCUT2D eigenvalue weighted by atomic mass is 32.2. The quantitative estimate of drug-likeness (QED) is 0.371. The van der Waals surface area contributed by atoms with Crippen molar-refractivity contribution in [3.05, 3.63) is 41.5 Å². The van der Waals surface area contributed by atoms with E-state index < -0.39 is 0 Å². The third kappa shape index (κ3) is 8.05. The molecule has 0 aliphatic carbocycles. The second-order valence-corrected chi connectivity index (χ2v) is 7.50. The highest BCUT2D eigenvalue weighted by Gasteiger charge is 2.16. The van der Waals surface area contributed by atoms with Crippen molar-refractivity contribution in [1.29, 1.82) is 0 Å². The van der Waals surface area contributed by atoms with Crippen LogP contribution in [0.5, 0.6) is 0 Å². The number of aryl methyl sites for hydroxylation is 1. The van der Waals surface area contributed by atoms with Gasteiger partial charge in [-0.15, -0.1) is 11.8 Å². The summed E-state index contributed by atoms with van der Waals surface area (Å²) in [5, 5.41) is 0. The third-order valence-electron chi connectivity index (χ3n) is 3.90. The van der Waals surface area contributed by atoms with Crippen LogP contribution < -0.4 is 0 Å². The van der Waals surface area contributed by atoms with E-state index in [1.165, 1.54) is 28.9 Å². The van der Waals surface area contributed by atoms with Crippen LogP contribution in [0.1, 0.15) is 59.4 Å². The lowest BCUT2D eigenvalue weighted by atomic mass is 9.99. The second-order valence-electron chi connectivity index (χ2n) is 6.41. The van der Waals surface area contributed by atoms with Crippen LogP contribution in [0.25, 0.3) is 0 Å². The van der Waals surface area contributed by atoms with E-state index >= 15 is 0 Å². The zero-order valence-electron chi connectivity index (χ0n) is 14.9. The van der Waals surface area contributed by atoms with E-state index in [1.54, 1.807) is 0 Å². The van der Waals surface area contributed by atoms with Crippen molar-refractivity contribution >= 4 is 11.8 Å². The average Bonchev–Trinajstić information content (AvgIpc) is 2.47. The number of thioether (sulfide) groups is 1. The summed E-state index contributed by atoms with van der Waals surface area (Å²) in [4.78, 5) is 1.36. The molecule has 0 amide bonds. The summed E-state index contributed by atoms with van der Waals surface area (Å²) >= 11 is 1.91. The summed E-state index contributed by atoms with van der Waals surface area (Å²) in [7, 11) is 0. The lowest BCUT2D eigenvalue weighted by Crippen LogP contribution is -2.24. The molecule has 0 unspecified atom stereocenters. The van der Waals surface area contributed by atoms with E-state index in [4.69, 9.17) is 4.74 Å². The molecule has 124 valence electrons. The SMILES string of the molecule is CCOC(C)(C)CCCC(C)=CCSc1ccc(CC)cc1. The van der Waals surface area contributed by atoms with Gasteiger partial charge in [-0.25, -0.2) is 0 Å². The molecule has 0 aliphatic rings. The Morgan fingerprint density at radius 3 is 2.45 bits per heavy atom. The summed E-state index contributed by atoms with van der Waals surface area (Å²) in [6.07, 6.45) is 6.98. The minimum Gasteiger partial charge on any atom is -0.376 e. The van der Waals surface area contributed by atoms with E-state index in [9.17, 15) is 0 Å². The molecule has 0 aliphatic heterocycles. The first-order valence-corrected chi connectivity index (χ1v) is 9.46. The van der Waals surface area contributed by atoms with E-state index in [0.717, 1.165) is 25.2 Å². The van der Waals surface area contributed by atoms with Crippen LogP contribution in [0.4, 0.5) is 0 Å². The highest BCUT2D eigenvalue weighted by molar-refractivity contribution is 7.99. The fraction of sp³-hybridized carbons (Fsp3) is 0.600. The number of hydrogen-bond donors (Lipinski definition) is 0. The molecule has 1 aromatic carbocycles. The molecule has 0 N–H and O–H groups in total. The van der Waals surface area contributed by atoms with Gasteiger partial charge in [0.25, 0.3) is 0 Å². The fourth-order valence-corrected chi connectivity index (χ4v) is 3.35. The minimum atomic E-state index is 0.0187. The molecule has 0 saturated carbocycles. The Kier molecular flexibility index (Phi) is 8.89. The molecule has 0 spiro atoms. The maximum absolute atomic E-state index is 5.75. The van der Waals surface area contributed by atoms with Gasteiger partial charge >= 0.3 is 0 Å². The molecular formula is C20H32OS. The van der Waals surface area contributed by atoms with Crippen molar-refractivity contribution in [3.63, 3.8) is 0 Å². The summed E-state index contributed by atoms with van der Waals surface area (Å²) < 4.78 is 5.75. The smallest absolute Gasteiger partial charge is 0.0626 e. The van der Waals surface area contributed by atoms with Crippen molar-refractivity contribution < 1.29 is 4.74 Å². The Bertz CT molecular complexity index is 445. The Morgan fingerprint density at radius 2 is 1.86 bits per heavy atom. The molecule has 22 heavy (non-hydrogen) atoms. The molecule has 0 radical (unpaired) electrons. The number of rotatable bonds is 10. The molecule has 2 heteroatoms. The van der Waals surface area contributed by atoms with Crippen molar-refractivity contribution in [2.45, 2.75) is 70.8 Å².